The Morgan fingerprint density at radius 3 is 2.58 bits per heavy atom. The molecule has 0 bridgehead atoms. The van der Waals surface area contributed by atoms with Gasteiger partial charge in [0.1, 0.15) is 10.9 Å². The van der Waals surface area contributed by atoms with E-state index >= 15 is 0 Å². The van der Waals surface area contributed by atoms with Crippen molar-refractivity contribution in [3.8, 4) is 0 Å². The van der Waals surface area contributed by atoms with Crippen molar-refractivity contribution in [1.82, 2.24) is 20.3 Å². The Bertz CT molecular complexity index is 952. The predicted octanol–water partition coefficient (Wildman–Crippen LogP) is 2.13. The van der Waals surface area contributed by atoms with Crippen molar-refractivity contribution in [3.63, 3.8) is 0 Å². The van der Waals surface area contributed by atoms with Crippen LogP contribution in [0.2, 0.25) is 0 Å². The molecule has 1 amide bonds. The van der Waals surface area contributed by atoms with Gasteiger partial charge in [-0.1, -0.05) is 42.5 Å². The molecule has 1 heterocycles. The van der Waals surface area contributed by atoms with Gasteiger partial charge in [-0.2, -0.15) is 0 Å². The fraction of sp³-hybridized carbons (Fsp3) is 0.263. The molecule has 3 aromatic rings. The molecule has 0 aliphatic carbocycles. The Morgan fingerprint density at radius 2 is 1.92 bits per heavy atom. The zero-order valence-electron chi connectivity index (χ0n) is 14.6. The zero-order chi connectivity index (χ0) is 18.7. The van der Waals surface area contributed by atoms with E-state index in [1.165, 1.54) is 0 Å². The lowest BCUT2D eigenvalue weighted by Crippen LogP contribution is -2.46. The number of rotatable bonds is 6. The molecule has 2 aromatic carbocycles. The number of carboxylic acids is 1. The lowest BCUT2D eigenvalue weighted by molar-refractivity contribution is -0.143. The maximum atomic E-state index is 12.6. The molecule has 7 heteroatoms. The highest BCUT2D eigenvalue weighted by Crippen LogP contribution is 2.28. The van der Waals surface area contributed by atoms with Gasteiger partial charge in [-0.3, -0.25) is 9.59 Å². The summed E-state index contributed by atoms with van der Waals surface area (Å²) in [4.78, 5) is 24.6. The van der Waals surface area contributed by atoms with Crippen LogP contribution < -0.4 is 5.32 Å². The van der Waals surface area contributed by atoms with E-state index in [9.17, 15) is 14.7 Å². The molecule has 1 unspecified atom stereocenters. The predicted molar refractivity (Wildman–Crippen MR) is 96.9 cm³/mol. The van der Waals surface area contributed by atoms with Crippen LogP contribution in [0, 0.1) is 0 Å². The van der Waals surface area contributed by atoms with Crippen LogP contribution in [0.5, 0.6) is 0 Å². The normalized spacial score (nSPS) is 13.3. The minimum atomic E-state index is -1.17. The van der Waals surface area contributed by atoms with Crippen LogP contribution in [-0.4, -0.2) is 38.5 Å². The smallest absolute Gasteiger partial charge is 0.315 e. The van der Waals surface area contributed by atoms with Gasteiger partial charge in [0.2, 0.25) is 0 Å². The molecule has 1 aromatic heterocycles. The average Bonchev–Trinajstić information content (AvgIpc) is 3.03. The first-order chi connectivity index (χ1) is 12.5. The molecule has 134 valence electrons. The number of amides is 1. The van der Waals surface area contributed by atoms with Crippen molar-refractivity contribution in [2.24, 2.45) is 7.05 Å². The minimum absolute atomic E-state index is 0.000184. The van der Waals surface area contributed by atoms with Gasteiger partial charge in [-0.05, 0) is 30.2 Å². The van der Waals surface area contributed by atoms with Gasteiger partial charge < -0.3 is 10.4 Å². The third kappa shape index (κ3) is 3.03. The van der Waals surface area contributed by atoms with Crippen molar-refractivity contribution >= 4 is 22.9 Å². The lowest BCUT2D eigenvalue weighted by atomic mass is 9.78. The second-order valence-electron chi connectivity index (χ2n) is 6.21. The van der Waals surface area contributed by atoms with Gasteiger partial charge in [0.25, 0.3) is 5.91 Å². The van der Waals surface area contributed by atoms with Crippen molar-refractivity contribution in [3.05, 3.63) is 59.7 Å². The first-order valence-electron chi connectivity index (χ1n) is 8.34. The van der Waals surface area contributed by atoms with Crippen LogP contribution in [0.4, 0.5) is 0 Å². The molecule has 7 nitrogen and oxygen atoms in total. The molecule has 0 saturated carbocycles. The highest BCUT2D eigenvalue weighted by Gasteiger charge is 2.39. The summed E-state index contributed by atoms with van der Waals surface area (Å²) in [6.45, 7) is 1.80. The quantitative estimate of drug-likeness (QED) is 0.708. The van der Waals surface area contributed by atoms with Crippen molar-refractivity contribution in [1.29, 1.82) is 0 Å². The topological polar surface area (TPSA) is 97.1 Å². The number of carboxylic acid groups (broad SMARTS) is 1. The summed E-state index contributed by atoms with van der Waals surface area (Å²) in [5.74, 6) is -1.30. The summed E-state index contributed by atoms with van der Waals surface area (Å²) in [6, 6.07) is 14.1. The zero-order valence-corrected chi connectivity index (χ0v) is 14.6. The second-order valence-corrected chi connectivity index (χ2v) is 6.21. The Balaban J connectivity index is 1.84. The van der Waals surface area contributed by atoms with E-state index in [4.69, 9.17) is 0 Å². The second kappa shape index (κ2) is 6.95. The van der Waals surface area contributed by atoms with Crippen LogP contribution >= 0.6 is 0 Å². The highest BCUT2D eigenvalue weighted by molar-refractivity contribution is 5.97. The summed E-state index contributed by atoms with van der Waals surface area (Å²) in [6.07, 6.45) is 0.357. The number of hydrogen-bond acceptors (Lipinski definition) is 4. The summed E-state index contributed by atoms with van der Waals surface area (Å²) in [5.41, 5.74) is 1.34. The molecular weight excluding hydrogens is 332 g/mol. The Hall–Kier alpha value is -3.22. The number of aromatic nitrogens is 3. The van der Waals surface area contributed by atoms with Gasteiger partial charge >= 0.3 is 5.97 Å². The summed E-state index contributed by atoms with van der Waals surface area (Å²) in [7, 11) is 1.78. The third-order valence-electron chi connectivity index (χ3n) is 4.76. The van der Waals surface area contributed by atoms with Gasteiger partial charge in [0, 0.05) is 19.2 Å². The standard InChI is InChI=1S/C19H20N4O3/c1-3-19(18(25)26,14-7-5-4-6-8-14)12-20-17(24)13-9-10-16-15(11-13)21-22-23(16)2/h4-11H,3,12H2,1-2H3,(H,20,24)(H,25,26). The maximum absolute atomic E-state index is 12.6. The number of carbonyl (C=O) groups excluding carboxylic acids is 1. The van der Waals surface area contributed by atoms with Gasteiger partial charge in [-0.25, -0.2) is 4.68 Å². The highest BCUT2D eigenvalue weighted by atomic mass is 16.4. The van der Waals surface area contributed by atoms with E-state index in [2.05, 4.69) is 15.6 Å². The van der Waals surface area contributed by atoms with Crippen LogP contribution in [0.25, 0.3) is 11.0 Å². The molecule has 0 fully saturated rings. The van der Waals surface area contributed by atoms with E-state index in [1.54, 1.807) is 61.1 Å². The molecule has 0 aliphatic rings. The fourth-order valence-electron chi connectivity index (χ4n) is 3.05. The Kier molecular flexibility index (Phi) is 4.71. The van der Waals surface area contributed by atoms with E-state index in [1.807, 2.05) is 6.07 Å². The summed E-state index contributed by atoms with van der Waals surface area (Å²) < 4.78 is 1.62. The fourth-order valence-corrected chi connectivity index (χ4v) is 3.05. The van der Waals surface area contributed by atoms with Gasteiger partial charge in [-0.15, -0.1) is 5.10 Å². The molecule has 0 saturated heterocycles. The van der Waals surface area contributed by atoms with Crippen LogP contribution in [0.15, 0.2) is 48.5 Å². The molecule has 1 atom stereocenters. The molecule has 0 radical (unpaired) electrons. The Morgan fingerprint density at radius 1 is 1.19 bits per heavy atom. The van der Waals surface area contributed by atoms with Crippen LogP contribution in [-0.2, 0) is 17.3 Å². The lowest BCUT2D eigenvalue weighted by Gasteiger charge is -2.29. The van der Waals surface area contributed by atoms with Crippen molar-refractivity contribution in [2.45, 2.75) is 18.8 Å². The Labute approximate surface area is 150 Å². The molecule has 2 N–H and O–H groups in total. The third-order valence-corrected chi connectivity index (χ3v) is 4.76. The van der Waals surface area contributed by atoms with Crippen molar-refractivity contribution in [2.75, 3.05) is 6.54 Å². The number of carbonyl (C=O) groups is 2. The number of hydrogen-bond donors (Lipinski definition) is 2. The van der Waals surface area contributed by atoms with Gasteiger partial charge in [0.05, 0.1) is 5.52 Å². The number of nitrogens with one attached hydrogen (secondary N) is 1. The SMILES string of the molecule is CCC(CNC(=O)c1ccc2c(c1)nnn2C)(C(=O)O)c1ccccc1. The molecule has 26 heavy (non-hydrogen) atoms. The minimum Gasteiger partial charge on any atom is -0.481 e. The number of nitrogens with zero attached hydrogens (tertiary/aromatic N) is 3. The molecule has 3 rings (SSSR count). The first-order valence-corrected chi connectivity index (χ1v) is 8.34. The monoisotopic (exact) mass is 352 g/mol. The average molecular weight is 352 g/mol. The number of aliphatic carboxylic acids is 1. The molecule has 0 spiro atoms. The van der Waals surface area contributed by atoms with Gasteiger partial charge in [0.15, 0.2) is 0 Å². The first kappa shape index (κ1) is 17.6. The van der Waals surface area contributed by atoms with Crippen LogP contribution in [0.1, 0.15) is 29.3 Å². The molecule has 0 aliphatic heterocycles. The van der Waals surface area contributed by atoms with E-state index < -0.39 is 11.4 Å². The van der Waals surface area contributed by atoms with Crippen molar-refractivity contribution < 1.29 is 14.7 Å². The number of fused-ring (bicyclic) bond motifs is 1. The summed E-state index contributed by atoms with van der Waals surface area (Å²) >= 11 is 0. The number of benzene rings is 2. The summed E-state index contributed by atoms with van der Waals surface area (Å²) in [5, 5.41) is 20.5. The largest absolute Gasteiger partial charge is 0.481 e. The van der Waals surface area contributed by atoms with Crippen LogP contribution in [0.3, 0.4) is 0 Å². The molecular formula is C19H20N4O3. The maximum Gasteiger partial charge on any atom is 0.315 e. The van der Waals surface area contributed by atoms with E-state index in [0.717, 1.165) is 5.52 Å². The van der Waals surface area contributed by atoms with E-state index in [-0.39, 0.29) is 12.5 Å². The van der Waals surface area contributed by atoms with E-state index in [0.29, 0.717) is 23.1 Å². The number of aryl methyl sites for hydroxylation is 1.